The Kier molecular flexibility index (Phi) is 3.27. The molecule has 0 aliphatic rings. The van der Waals surface area contributed by atoms with Crippen LogP contribution >= 0.6 is 0 Å². The van der Waals surface area contributed by atoms with E-state index in [0.29, 0.717) is 5.56 Å². The Hall–Kier alpha value is -1.50. The second-order valence-electron chi connectivity index (χ2n) is 3.09. The molecule has 0 unspecified atom stereocenters. The van der Waals surface area contributed by atoms with Crippen LogP contribution in [0.3, 0.4) is 0 Å². The number of rotatable bonds is 3. The summed E-state index contributed by atoms with van der Waals surface area (Å²) in [6, 6.07) is 2.88. The normalized spacial score (nSPS) is 11.8. The Labute approximate surface area is 90.4 Å². The number of hydrogen-bond donors (Lipinski definition) is 1. The average molecular weight is 250 g/mol. The number of aryl methyl sites for hydroxylation is 1. The summed E-state index contributed by atoms with van der Waals surface area (Å²) in [5.41, 5.74) is 0.00226. The van der Waals surface area contributed by atoms with Crippen LogP contribution in [0.1, 0.15) is 15.9 Å². The van der Waals surface area contributed by atoms with Gasteiger partial charge in [0.25, 0.3) is 0 Å². The number of halogens is 2. The molecule has 0 saturated carbocycles. The van der Waals surface area contributed by atoms with Gasteiger partial charge in [0.05, 0.1) is 10.5 Å². The van der Waals surface area contributed by atoms with Crippen LogP contribution in [0.5, 0.6) is 0 Å². The minimum atomic E-state index is -4.75. The molecule has 0 bridgehead atoms. The lowest BCUT2D eigenvalue weighted by Gasteiger charge is -2.06. The highest BCUT2D eigenvalue weighted by Crippen LogP contribution is 2.21. The number of carbonyl (C=O) groups is 1. The van der Waals surface area contributed by atoms with Crippen LogP contribution in [0, 0.1) is 6.92 Å². The molecule has 0 spiro atoms. The predicted octanol–water partition coefficient (Wildman–Crippen LogP) is 1.69. The summed E-state index contributed by atoms with van der Waals surface area (Å²) in [5, 5.41) is 8.71. The summed E-state index contributed by atoms with van der Waals surface area (Å²) in [7, 11) is -4.75. The number of benzene rings is 1. The molecule has 1 aromatic carbocycles. The quantitative estimate of drug-likeness (QED) is 0.886. The number of sulfone groups is 1. The molecule has 0 aromatic heterocycles. The molecular weight excluding hydrogens is 242 g/mol. The minimum Gasteiger partial charge on any atom is -0.478 e. The maximum absolute atomic E-state index is 12.2. The topological polar surface area (TPSA) is 71.4 Å². The van der Waals surface area contributed by atoms with Gasteiger partial charge in [0.2, 0.25) is 9.84 Å². The summed E-state index contributed by atoms with van der Waals surface area (Å²) in [6.07, 6.45) is 0. The van der Waals surface area contributed by atoms with Gasteiger partial charge in [-0.25, -0.2) is 13.2 Å². The van der Waals surface area contributed by atoms with Gasteiger partial charge < -0.3 is 5.11 Å². The van der Waals surface area contributed by atoms with Gasteiger partial charge in [-0.15, -0.1) is 0 Å². The number of hydrogen-bond acceptors (Lipinski definition) is 3. The number of carboxylic acid groups (broad SMARTS) is 1. The standard InChI is InChI=1S/C9H8F2O4S/c1-5-2-3-6(4-7(5)8(12)13)16(14,15)9(10)11/h2-4,9H,1H3,(H,12,13). The summed E-state index contributed by atoms with van der Waals surface area (Å²) in [4.78, 5) is 10.00. The molecule has 88 valence electrons. The lowest BCUT2D eigenvalue weighted by Crippen LogP contribution is -2.12. The molecule has 0 aliphatic carbocycles. The smallest absolute Gasteiger partial charge is 0.341 e. The first-order chi connectivity index (χ1) is 7.26. The van der Waals surface area contributed by atoms with Crippen molar-refractivity contribution in [3.05, 3.63) is 29.3 Å². The van der Waals surface area contributed by atoms with E-state index in [1.54, 1.807) is 0 Å². The van der Waals surface area contributed by atoms with E-state index in [9.17, 15) is 22.0 Å². The van der Waals surface area contributed by atoms with Gasteiger partial charge in [-0.2, -0.15) is 8.78 Å². The lowest BCUT2D eigenvalue weighted by atomic mass is 10.1. The van der Waals surface area contributed by atoms with E-state index in [-0.39, 0.29) is 5.56 Å². The van der Waals surface area contributed by atoms with Crippen molar-refractivity contribution in [1.29, 1.82) is 0 Å². The number of carboxylic acids is 1. The van der Waals surface area contributed by atoms with Crippen LogP contribution < -0.4 is 0 Å². The number of aromatic carboxylic acids is 1. The fourth-order valence-corrected chi connectivity index (χ4v) is 1.86. The van der Waals surface area contributed by atoms with Crippen molar-refractivity contribution in [2.24, 2.45) is 0 Å². The monoisotopic (exact) mass is 250 g/mol. The van der Waals surface area contributed by atoms with E-state index in [0.717, 1.165) is 12.1 Å². The molecule has 0 heterocycles. The second kappa shape index (κ2) is 4.17. The van der Waals surface area contributed by atoms with Crippen molar-refractivity contribution in [2.75, 3.05) is 0 Å². The summed E-state index contributed by atoms with van der Waals surface area (Å²) in [5.74, 6) is -4.92. The molecule has 4 nitrogen and oxygen atoms in total. The molecule has 1 aromatic rings. The molecule has 1 N–H and O–H groups in total. The van der Waals surface area contributed by atoms with Crippen molar-refractivity contribution < 1.29 is 27.1 Å². The molecule has 0 fully saturated rings. The zero-order chi connectivity index (χ0) is 12.5. The van der Waals surface area contributed by atoms with Gasteiger partial charge >= 0.3 is 11.7 Å². The molecule has 7 heteroatoms. The van der Waals surface area contributed by atoms with Crippen molar-refractivity contribution >= 4 is 15.8 Å². The molecule has 0 radical (unpaired) electrons. The maximum Gasteiger partial charge on any atom is 0.341 e. The van der Waals surface area contributed by atoms with Crippen molar-refractivity contribution in [2.45, 2.75) is 17.6 Å². The third-order valence-corrected chi connectivity index (χ3v) is 3.38. The molecule has 1 rings (SSSR count). The molecule has 0 atom stereocenters. The molecule has 16 heavy (non-hydrogen) atoms. The maximum atomic E-state index is 12.2. The SMILES string of the molecule is Cc1ccc(S(=O)(=O)C(F)F)cc1C(=O)O. The largest absolute Gasteiger partial charge is 0.478 e. The molecule has 0 amide bonds. The fourth-order valence-electron chi connectivity index (χ4n) is 1.11. The van der Waals surface area contributed by atoms with Crippen LogP contribution in [-0.4, -0.2) is 25.3 Å². The summed E-state index contributed by atoms with van der Waals surface area (Å²) >= 11 is 0. The zero-order valence-electron chi connectivity index (χ0n) is 8.15. The van der Waals surface area contributed by atoms with E-state index < -0.39 is 26.5 Å². The van der Waals surface area contributed by atoms with Gasteiger partial charge in [0.1, 0.15) is 0 Å². The van der Waals surface area contributed by atoms with E-state index in [1.165, 1.54) is 13.0 Å². The fraction of sp³-hybridized carbons (Fsp3) is 0.222. The van der Waals surface area contributed by atoms with Crippen molar-refractivity contribution in [1.82, 2.24) is 0 Å². The second-order valence-corrected chi connectivity index (χ2v) is 5.01. The van der Waals surface area contributed by atoms with Gasteiger partial charge in [-0.1, -0.05) is 6.07 Å². The Balaban J connectivity index is 3.40. The molecule has 0 saturated heterocycles. The van der Waals surface area contributed by atoms with E-state index in [4.69, 9.17) is 5.11 Å². The highest BCUT2D eigenvalue weighted by atomic mass is 32.2. The van der Waals surface area contributed by atoms with Crippen molar-refractivity contribution in [3.8, 4) is 0 Å². The van der Waals surface area contributed by atoms with Crippen LogP contribution in [0.25, 0.3) is 0 Å². The highest BCUT2D eigenvalue weighted by Gasteiger charge is 2.27. The first-order valence-corrected chi connectivity index (χ1v) is 5.67. The number of alkyl halides is 2. The van der Waals surface area contributed by atoms with Gasteiger partial charge in [-0.3, -0.25) is 0 Å². The van der Waals surface area contributed by atoms with Crippen LogP contribution in [-0.2, 0) is 9.84 Å². The van der Waals surface area contributed by atoms with Gasteiger partial charge in [0, 0.05) is 0 Å². The predicted molar refractivity (Wildman–Crippen MR) is 51.3 cm³/mol. The summed E-state index contributed by atoms with van der Waals surface area (Å²) < 4.78 is 46.5. The van der Waals surface area contributed by atoms with E-state index in [1.807, 2.05) is 0 Å². The Morgan fingerprint density at radius 2 is 1.94 bits per heavy atom. The van der Waals surface area contributed by atoms with Crippen molar-refractivity contribution in [3.63, 3.8) is 0 Å². The van der Waals surface area contributed by atoms with E-state index in [2.05, 4.69) is 0 Å². The molecular formula is C9H8F2O4S. The third-order valence-electron chi connectivity index (χ3n) is 2.00. The van der Waals surface area contributed by atoms with Crippen LogP contribution in [0.2, 0.25) is 0 Å². The van der Waals surface area contributed by atoms with Gasteiger partial charge in [-0.05, 0) is 24.6 Å². The van der Waals surface area contributed by atoms with Crippen LogP contribution in [0.4, 0.5) is 8.78 Å². The zero-order valence-corrected chi connectivity index (χ0v) is 8.96. The first kappa shape index (κ1) is 12.6. The Bertz CT molecular complexity index is 522. The van der Waals surface area contributed by atoms with Crippen LogP contribution in [0.15, 0.2) is 23.1 Å². The Morgan fingerprint density at radius 1 is 1.38 bits per heavy atom. The third kappa shape index (κ3) is 2.19. The first-order valence-electron chi connectivity index (χ1n) is 4.13. The highest BCUT2D eigenvalue weighted by molar-refractivity contribution is 7.91. The van der Waals surface area contributed by atoms with Gasteiger partial charge in [0.15, 0.2) is 0 Å². The molecule has 0 aliphatic heterocycles. The van der Waals surface area contributed by atoms with E-state index >= 15 is 0 Å². The Morgan fingerprint density at radius 3 is 2.38 bits per heavy atom. The lowest BCUT2D eigenvalue weighted by molar-refractivity contribution is 0.0695. The summed E-state index contributed by atoms with van der Waals surface area (Å²) in [6.45, 7) is 1.45. The average Bonchev–Trinajstić information content (AvgIpc) is 2.17. The minimum absolute atomic E-state index is 0.304.